The van der Waals surface area contributed by atoms with Crippen molar-refractivity contribution in [2.75, 3.05) is 13.1 Å². The molecule has 0 heterocycles. The van der Waals surface area contributed by atoms with Gasteiger partial charge in [-0.05, 0) is 6.54 Å². The van der Waals surface area contributed by atoms with Gasteiger partial charge < -0.3 is 5.32 Å². The summed E-state index contributed by atoms with van der Waals surface area (Å²) in [7, 11) is 0. The van der Waals surface area contributed by atoms with Crippen molar-refractivity contribution in [2.45, 2.75) is 10.8 Å². The second-order valence-corrected chi connectivity index (χ2v) is 2.90. The highest BCUT2D eigenvalue weighted by atomic mass is 127. The normalized spacial score (nSPS) is 13.2. The second kappa shape index (κ2) is 5.50. The predicted molar refractivity (Wildman–Crippen MR) is 42.0 cm³/mol. The third-order valence-electron chi connectivity index (χ3n) is 0.701. The molecule has 0 fully saturated rings. The van der Waals surface area contributed by atoms with E-state index in [4.69, 9.17) is 0 Å². The first-order valence-electron chi connectivity index (χ1n) is 2.53. The summed E-state index contributed by atoms with van der Waals surface area (Å²) in [6, 6.07) is 0. The first-order chi connectivity index (χ1) is 3.81. The van der Waals surface area contributed by atoms with Crippen LogP contribution in [0.1, 0.15) is 6.92 Å². The van der Waals surface area contributed by atoms with Gasteiger partial charge >= 0.3 is 0 Å². The molecule has 1 unspecified atom stereocenters. The van der Waals surface area contributed by atoms with E-state index < -0.39 is 0 Å². The molecule has 8 heavy (non-hydrogen) atoms. The summed E-state index contributed by atoms with van der Waals surface area (Å²) < 4.78 is 0.00699. The molecular weight excluding hydrogens is 217 g/mol. The average Bonchev–Trinajstić information content (AvgIpc) is 1.83. The van der Waals surface area contributed by atoms with Crippen molar-refractivity contribution in [3.8, 4) is 0 Å². The lowest BCUT2D eigenvalue weighted by Crippen LogP contribution is -2.22. The Morgan fingerprint density at radius 2 is 2.50 bits per heavy atom. The molecule has 0 saturated carbocycles. The molecule has 47 valence electrons. The topological polar surface area (TPSA) is 29.1 Å². The Hall–Kier alpha value is 0.360. The van der Waals surface area contributed by atoms with Crippen LogP contribution in [0.15, 0.2) is 0 Å². The Morgan fingerprint density at radius 3 is 2.88 bits per heavy atom. The highest BCUT2D eigenvalue weighted by Crippen LogP contribution is 1.91. The molecule has 1 radical (unpaired) electrons. The third-order valence-corrected chi connectivity index (χ3v) is 1.40. The van der Waals surface area contributed by atoms with Crippen LogP contribution in [0.25, 0.3) is 0 Å². The smallest absolute Gasteiger partial charge is 0.213 e. The largest absolute Gasteiger partial charge is 0.315 e. The summed E-state index contributed by atoms with van der Waals surface area (Å²) in [6.45, 7) is 3.66. The minimum Gasteiger partial charge on any atom is -0.315 e. The molecule has 0 aliphatic carbocycles. The van der Waals surface area contributed by atoms with Gasteiger partial charge in [-0.3, -0.25) is 4.79 Å². The average molecular weight is 226 g/mol. The van der Waals surface area contributed by atoms with E-state index in [1.54, 1.807) is 0 Å². The maximum Gasteiger partial charge on any atom is 0.213 e. The van der Waals surface area contributed by atoms with E-state index in [1.165, 1.54) is 0 Å². The molecule has 1 atom stereocenters. The number of hydrogen-bond donors (Lipinski definition) is 1. The third kappa shape index (κ3) is 4.52. The second-order valence-electron chi connectivity index (χ2n) is 1.39. The summed E-state index contributed by atoms with van der Waals surface area (Å²) >= 11 is 2.04. The molecule has 0 bridgehead atoms. The van der Waals surface area contributed by atoms with Crippen LogP contribution in [0.5, 0.6) is 0 Å². The molecule has 3 heteroatoms. The van der Waals surface area contributed by atoms with Crippen LogP contribution in [0.3, 0.4) is 0 Å². The monoisotopic (exact) mass is 226 g/mol. The number of hydrogen-bond acceptors (Lipinski definition) is 2. The molecule has 0 aliphatic heterocycles. The van der Waals surface area contributed by atoms with Crippen LogP contribution in [-0.4, -0.2) is 23.3 Å². The lowest BCUT2D eigenvalue weighted by Gasteiger charge is -1.98. The van der Waals surface area contributed by atoms with Crippen molar-refractivity contribution >= 4 is 28.9 Å². The first kappa shape index (κ1) is 8.36. The lowest BCUT2D eigenvalue weighted by molar-refractivity contribution is 0.551. The molecule has 0 aliphatic rings. The zero-order valence-electron chi connectivity index (χ0n) is 4.78. The Labute approximate surface area is 63.2 Å². The summed E-state index contributed by atoms with van der Waals surface area (Å²) in [5, 5.41) is 3.03. The van der Waals surface area contributed by atoms with Crippen LogP contribution in [0.2, 0.25) is 0 Å². The van der Waals surface area contributed by atoms with Crippen LogP contribution in [-0.2, 0) is 4.79 Å². The van der Waals surface area contributed by atoms with E-state index in [-0.39, 0.29) is 3.92 Å². The van der Waals surface area contributed by atoms with E-state index in [0.29, 0.717) is 0 Å². The molecule has 1 N–H and O–H groups in total. The fourth-order valence-electron chi connectivity index (χ4n) is 0.313. The number of nitrogens with one attached hydrogen (secondary N) is 1. The zero-order chi connectivity index (χ0) is 6.41. The predicted octanol–water partition coefficient (Wildman–Crippen LogP) is 0.509. The van der Waals surface area contributed by atoms with Gasteiger partial charge in [0.05, 0.1) is 3.92 Å². The van der Waals surface area contributed by atoms with Crippen LogP contribution in [0.4, 0.5) is 0 Å². The van der Waals surface area contributed by atoms with Crippen LogP contribution >= 0.6 is 22.6 Å². The quantitative estimate of drug-likeness (QED) is 0.559. The Bertz CT molecular complexity index is 67.4. The van der Waals surface area contributed by atoms with Gasteiger partial charge in [0.25, 0.3) is 0 Å². The molecule has 0 aromatic heterocycles. The van der Waals surface area contributed by atoms with Gasteiger partial charge in [-0.2, -0.15) is 0 Å². The molecule has 0 spiro atoms. The number of alkyl halides is 1. The maximum absolute atomic E-state index is 9.84. The van der Waals surface area contributed by atoms with Gasteiger partial charge in [0.2, 0.25) is 6.29 Å². The molecule has 0 aromatic rings. The fourth-order valence-corrected chi connectivity index (χ4v) is 0.624. The van der Waals surface area contributed by atoms with E-state index >= 15 is 0 Å². The maximum atomic E-state index is 9.84. The van der Waals surface area contributed by atoms with E-state index in [0.717, 1.165) is 13.1 Å². The summed E-state index contributed by atoms with van der Waals surface area (Å²) in [5.74, 6) is 0. The van der Waals surface area contributed by atoms with E-state index in [1.807, 2.05) is 35.8 Å². The van der Waals surface area contributed by atoms with Crippen LogP contribution in [0, 0.1) is 0 Å². The van der Waals surface area contributed by atoms with Crippen molar-refractivity contribution in [2.24, 2.45) is 0 Å². The molecule has 0 amide bonds. The standard InChI is InChI=1S/C5H9INO/c1-2-7-3-5(6)4-8/h5,7H,2-3H2,1H3. The molecule has 0 aromatic carbocycles. The van der Waals surface area contributed by atoms with E-state index in [2.05, 4.69) is 5.32 Å². The summed E-state index contributed by atoms with van der Waals surface area (Å²) in [6.07, 6.45) is 1.87. The van der Waals surface area contributed by atoms with Crippen molar-refractivity contribution in [3.05, 3.63) is 0 Å². The number of rotatable bonds is 4. The number of carbonyl (C=O) groups excluding carboxylic acids is 1. The van der Waals surface area contributed by atoms with Gasteiger partial charge in [-0.1, -0.05) is 29.5 Å². The Kier molecular flexibility index (Phi) is 5.74. The zero-order valence-corrected chi connectivity index (χ0v) is 6.94. The highest BCUT2D eigenvalue weighted by molar-refractivity contribution is 14.1. The SMILES string of the molecule is CCNCC(I)[C]=O. The van der Waals surface area contributed by atoms with Gasteiger partial charge in [-0.25, -0.2) is 0 Å². The first-order valence-corrected chi connectivity index (χ1v) is 3.78. The molecule has 0 saturated heterocycles. The fraction of sp³-hybridized carbons (Fsp3) is 0.800. The summed E-state index contributed by atoms with van der Waals surface area (Å²) in [4.78, 5) is 9.84. The lowest BCUT2D eigenvalue weighted by atomic mass is 10.5. The van der Waals surface area contributed by atoms with Gasteiger partial charge in [0, 0.05) is 6.54 Å². The molecule has 2 nitrogen and oxygen atoms in total. The van der Waals surface area contributed by atoms with Crippen LogP contribution < -0.4 is 5.32 Å². The summed E-state index contributed by atoms with van der Waals surface area (Å²) in [5.41, 5.74) is 0. The van der Waals surface area contributed by atoms with Crippen molar-refractivity contribution in [3.63, 3.8) is 0 Å². The van der Waals surface area contributed by atoms with Crippen molar-refractivity contribution < 1.29 is 4.79 Å². The highest BCUT2D eigenvalue weighted by Gasteiger charge is 1.98. The Balaban J connectivity index is 2.98. The number of halogens is 1. The van der Waals surface area contributed by atoms with Crippen molar-refractivity contribution in [1.29, 1.82) is 0 Å². The van der Waals surface area contributed by atoms with Gasteiger partial charge in [-0.15, -0.1) is 0 Å². The molecule has 0 rings (SSSR count). The minimum atomic E-state index is 0.00699. The van der Waals surface area contributed by atoms with Crippen molar-refractivity contribution in [1.82, 2.24) is 5.32 Å². The minimum absolute atomic E-state index is 0.00699. The van der Waals surface area contributed by atoms with Gasteiger partial charge in [0.15, 0.2) is 0 Å². The van der Waals surface area contributed by atoms with Gasteiger partial charge in [0.1, 0.15) is 0 Å². The Morgan fingerprint density at radius 1 is 1.88 bits per heavy atom. The van der Waals surface area contributed by atoms with E-state index in [9.17, 15) is 4.79 Å². The molecular formula is C5H9INO.